The maximum absolute atomic E-state index is 14.2. The molecule has 260 valence electrons. The van der Waals surface area contributed by atoms with Crippen LogP contribution in [0.25, 0.3) is 0 Å². The minimum atomic E-state index is -0.861. The molecule has 47 heavy (non-hydrogen) atoms. The number of amides is 5. The Kier molecular flexibility index (Phi) is 10.1. The zero-order valence-corrected chi connectivity index (χ0v) is 29.1. The molecule has 3 saturated heterocycles. The molecule has 1 aromatic rings. The van der Waals surface area contributed by atoms with Crippen LogP contribution in [0, 0.1) is 17.2 Å². The van der Waals surface area contributed by atoms with E-state index in [1.54, 1.807) is 26.8 Å². The van der Waals surface area contributed by atoms with E-state index in [0.29, 0.717) is 45.4 Å². The monoisotopic (exact) mass is 655 g/mol. The fourth-order valence-electron chi connectivity index (χ4n) is 8.04. The van der Waals surface area contributed by atoms with Crippen LogP contribution in [0.1, 0.15) is 98.5 Å². The molecule has 2 N–H and O–H groups in total. The SMILES string of the molecule is CC(C)(C)NC(=O)C1(C2CCCCC2)CCN(C(=O)C(Cc2ccc(F)cc2)NC(=O)N2CC3CC2CN3C(=O)OC(C)(C)C)CC1. The molecule has 1 saturated carbocycles. The second-order valence-corrected chi connectivity index (χ2v) is 16.2. The third-order valence-corrected chi connectivity index (χ3v) is 10.4. The van der Waals surface area contributed by atoms with E-state index in [4.69, 9.17) is 4.74 Å². The number of carbonyl (C=O) groups is 4. The second-order valence-electron chi connectivity index (χ2n) is 16.2. The van der Waals surface area contributed by atoms with E-state index in [0.717, 1.165) is 31.2 Å². The van der Waals surface area contributed by atoms with Gasteiger partial charge in [-0.2, -0.15) is 0 Å². The largest absolute Gasteiger partial charge is 0.444 e. The molecule has 2 bridgehead atoms. The van der Waals surface area contributed by atoms with Crippen LogP contribution in [0.5, 0.6) is 0 Å². The summed E-state index contributed by atoms with van der Waals surface area (Å²) in [6.45, 7) is 13.1. The van der Waals surface area contributed by atoms with Gasteiger partial charge in [0.1, 0.15) is 17.5 Å². The van der Waals surface area contributed by atoms with E-state index in [1.807, 2.05) is 41.5 Å². The minimum Gasteiger partial charge on any atom is -0.444 e. The normalized spacial score (nSPS) is 23.8. The number of fused-ring (bicyclic) bond motifs is 2. The first kappa shape index (κ1) is 35.0. The first-order valence-corrected chi connectivity index (χ1v) is 17.5. The number of nitrogens with zero attached hydrogens (tertiary/aromatic N) is 3. The summed E-state index contributed by atoms with van der Waals surface area (Å²) in [5.74, 6) is -0.191. The number of benzene rings is 1. The maximum atomic E-state index is 14.2. The number of nitrogens with one attached hydrogen (secondary N) is 2. The summed E-state index contributed by atoms with van der Waals surface area (Å²) >= 11 is 0. The molecule has 0 radical (unpaired) electrons. The van der Waals surface area contributed by atoms with E-state index >= 15 is 0 Å². The average molecular weight is 656 g/mol. The number of piperidine rings is 1. The summed E-state index contributed by atoms with van der Waals surface area (Å²) < 4.78 is 19.3. The van der Waals surface area contributed by atoms with Crippen molar-refractivity contribution < 1.29 is 28.3 Å². The van der Waals surface area contributed by atoms with Crippen LogP contribution in [0.4, 0.5) is 14.0 Å². The topological polar surface area (TPSA) is 111 Å². The van der Waals surface area contributed by atoms with Gasteiger partial charge in [-0.1, -0.05) is 31.4 Å². The summed E-state index contributed by atoms with van der Waals surface area (Å²) in [6.07, 6.45) is 7.16. The lowest BCUT2D eigenvalue weighted by atomic mass is 9.63. The number of hydrogen-bond acceptors (Lipinski definition) is 5. The summed E-state index contributed by atoms with van der Waals surface area (Å²) in [5.41, 5.74) is -0.739. The van der Waals surface area contributed by atoms with Crippen molar-refractivity contribution in [3.05, 3.63) is 35.6 Å². The lowest BCUT2D eigenvalue weighted by Crippen LogP contribution is -2.60. The fraction of sp³-hybridized carbons (Fsp3) is 0.722. The molecule has 1 aromatic carbocycles. The predicted molar refractivity (Wildman–Crippen MR) is 177 cm³/mol. The van der Waals surface area contributed by atoms with Crippen LogP contribution in [0.2, 0.25) is 0 Å². The average Bonchev–Trinajstić information content (AvgIpc) is 3.62. The Morgan fingerprint density at radius 2 is 1.51 bits per heavy atom. The molecule has 1 aliphatic carbocycles. The summed E-state index contributed by atoms with van der Waals surface area (Å²) in [7, 11) is 0. The van der Waals surface area contributed by atoms with E-state index in [9.17, 15) is 23.6 Å². The number of urea groups is 1. The van der Waals surface area contributed by atoms with E-state index in [1.165, 1.54) is 18.6 Å². The lowest BCUT2D eigenvalue weighted by molar-refractivity contribution is -0.147. The van der Waals surface area contributed by atoms with Gasteiger partial charge >= 0.3 is 12.1 Å². The highest BCUT2D eigenvalue weighted by atomic mass is 19.1. The Hall–Kier alpha value is -3.37. The molecule has 0 aromatic heterocycles. The number of hydrogen-bond donors (Lipinski definition) is 2. The molecular weight excluding hydrogens is 601 g/mol. The zero-order chi connectivity index (χ0) is 34.1. The molecule has 3 unspecified atom stereocenters. The van der Waals surface area contributed by atoms with Crippen LogP contribution in [-0.4, -0.2) is 94.1 Å². The van der Waals surface area contributed by atoms with Crippen molar-refractivity contribution in [2.75, 3.05) is 26.2 Å². The second kappa shape index (κ2) is 13.6. The number of carbonyl (C=O) groups excluding carboxylic acids is 4. The van der Waals surface area contributed by atoms with Gasteiger partial charge in [0.25, 0.3) is 0 Å². The summed E-state index contributed by atoms with van der Waals surface area (Å²) in [4.78, 5) is 59.7. The van der Waals surface area contributed by atoms with Crippen molar-refractivity contribution >= 4 is 23.9 Å². The van der Waals surface area contributed by atoms with Gasteiger partial charge in [-0.15, -0.1) is 0 Å². The van der Waals surface area contributed by atoms with Crippen LogP contribution in [0.3, 0.4) is 0 Å². The first-order valence-electron chi connectivity index (χ1n) is 17.5. The van der Waals surface area contributed by atoms with Crippen molar-refractivity contribution in [2.45, 2.75) is 129 Å². The van der Waals surface area contributed by atoms with Crippen LogP contribution >= 0.6 is 0 Å². The highest BCUT2D eigenvalue weighted by Crippen LogP contribution is 2.46. The van der Waals surface area contributed by atoms with Crippen LogP contribution < -0.4 is 10.6 Å². The molecule has 3 atom stereocenters. The zero-order valence-electron chi connectivity index (χ0n) is 29.1. The van der Waals surface area contributed by atoms with Gasteiger partial charge in [0, 0.05) is 38.1 Å². The molecule has 3 aliphatic heterocycles. The molecule has 3 heterocycles. The van der Waals surface area contributed by atoms with Gasteiger partial charge in [0.2, 0.25) is 11.8 Å². The summed E-state index contributed by atoms with van der Waals surface area (Å²) in [6, 6.07) is 4.48. The predicted octanol–water partition coefficient (Wildman–Crippen LogP) is 5.24. The molecule has 4 aliphatic rings. The highest BCUT2D eigenvalue weighted by Gasteiger charge is 2.51. The Balaban J connectivity index is 1.28. The third kappa shape index (κ3) is 8.20. The van der Waals surface area contributed by atoms with Gasteiger partial charge in [-0.25, -0.2) is 14.0 Å². The van der Waals surface area contributed by atoms with Crippen LogP contribution in [-0.2, 0) is 20.7 Å². The van der Waals surface area contributed by atoms with Crippen molar-refractivity contribution in [3.63, 3.8) is 0 Å². The number of halogens is 1. The molecule has 10 nitrogen and oxygen atoms in total. The molecule has 0 spiro atoms. The number of ether oxygens (including phenoxy) is 1. The fourth-order valence-corrected chi connectivity index (χ4v) is 8.04. The lowest BCUT2D eigenvalue weighted by Gasteiger charge is -2.48. The standard InChI is InChI=1S/C36H54FN5O5/c1-34(2,3)39-31(44)36(25-10-8-7-9-11-25)16-18-40(19-17-36)30(43)29(20-24-12-14-26(37)15-13-24)38-32(45)41-22-28-21-27(41)23-42(28)33(46)47-35(4,5)6/h12-15,25,27-29H,7-11,16-23H2,1-6H3,(H,38,45)(H,39,44). The van der Waals surface area contributed by atoms with Crippen molar-refractivity contribution in [1.29, 1.82) is 0 Å². The van der Waals surface area contributed by atoms with E-state index in [-0.39, 0.29) is 59.7 Å². The number of likely N-dealkylation sites (tertiary alicyclic amines) is 3. The van der Waals surface area contributed by atoms with Gasteiger partial charge in [0.15, 0.2) is 0 Å². The maximum Gasteiger partial charge on any atom is 0.410 e. The number of rotatable bonds is 6. The van der Waals surface area contributed by atoms with Gasteiger partial charge in [-0.3, -0.25) is 9.59 Å². The van der Waals surface area contributed by atoms with Crippen molar-refractivity contribution in [3.8, 4) is 0 Å². The quantitative estimate of drug-likeness (QED) is 0.436. The third-order valence-electron chi connectivity index (χ3n) is 10.4. The molecule has 5 amide bonds. The number of piperazine rings is 1. The highest BCUT2D eigenvalue weighted by molar-refractivity contribution is 5.89. The molecule has 5 rings (SSSR count). The first-order chi connectivity index (χ1) is 22.0. The summed E-state index contributed by atoms with van der Waals surface area (Å²) in [5, 5.41) is 6.27. The van der Waals surface area contributed by atoms with Gasteiger partial charge < -0.3 is 30.1 Å². The van der Waals surface area contributed by atoms with Gasteiger partial charge in [-0.05, 0) is 97.3 Å². The smallest absolute Gasteiger partial charge is 0.410 e. The van der Waals surface area contributed by atoms with E-state index < -0.39 is 17.1 Å². The van der Waals surface area contributed by atoms with E-state index in [2.05, 4.69) is 10.6 Å². The van der Waals surface area contributed by atoms with Gasteiger partial charge in [0.05, 0.1) is 17.5 Å². The van der Waals surface area contributed by atoms with Crippen molar-refractivity contribution in [1.82, 2.24) is 25.3 Å². The van der Waals surface area contributed by atoms with Crippen molar-refractivity contribution in [2.24, 2.45) is 11.3 Å². The Morgan fingerprint density at radius 1 is 0.915 bits per heavy atom. The minimum absolute atomic E-state index is 0.0877. The Morgan fingerprint density at radius 3 is 2.06 bits per heavy atom. The molecule has 4 fully saturated rings. The molecular formula is C36H54FN5O5. The molecule has 11 heteroatoms. The Bertz CT molecular complexity index is 1310. The van der Waals surface area contributed by atoms with Crippen LogP contribution in [0.15, 0.2) is 24.3 Å². The Labute approximate surface area is 279 Å².